The molecule has 1 aromatic heterocycles. The number of fused-ring (bicyclic) bond motifs is 1. The fourth-order valence-electron chi connectivity index (χ4n) is 2.91. The molecule has 0 amide bonds. The maximum absolute atomic E-state index is 4.47. The second-order valence-electron chi connectivity index (χ2n) is 5.76. The summed E-state index contributed by atoms with van der Waals surface area (Å²) in [6.07, 6.45) is 3.18. The van der Waals surface area contributed by atoms with Crippen molar-refractivity contribution in [2.75, 3.05) is 11.4 Å². The fraction of sp³-hybridized carbons (Fsp3) is 0.389. The first-order valence-corrected chi connectivity index (χ1v) is 7.76. The summed E-state index contributed by atoms with van der Waals surface area (Å²) in [5.74, 6) is 0. The summed E-state index contributed by atoms with van der Waals surface area (Å²) in [4.78, 5) is 6.93. The minimum atomic E-state index is 0.892. The van der Waals surface area contributed by atoms with Crippen molar-refractivity contribution in [3.8, 4) is 0 Å². The second kappa shape index (κ2) is 6.27. The van der Waals surface area contributed by atoms with E-state index in [0.717, 1.165) is 38.3 Å². The molecule has 3 heteroatoms. The van der Waals surface area contributed by atoms with E-state index in [2.05, 4.69) is 59.4 Å². The largest absolute Gasteiger partial charge is 0.362 e. The van der Waals surface area contributed by atoms with Gasteiger partial charge in [0.1, 0.15) is 0 Å². The Kier molecular flexibility index (Phi) is 4.20. The summed E-state index contributed by atoms with van der Waals surface area (Å²) in [6, 6.07) is 10.9. The number of aryl methyl sites for hydroxylation is 1. The van der Waals surface area contributed by atoms with E-state index >= 15 is 0 Å². The molecule has 1 aliphatic rings. The first-order chi connectivity index (χ1) is 10.3. The van der Waals surface area contributed by atoms with Gasteiger partial charge in [-0.05, 0) is 37.1 Å². The average molecular weight is 281 g/mol. The molecule has 3 rings (SSSR count). The summed E-state index contributed by atoms with van der Waals surface area (Å²) >= 11 is 0. The van der Waals surface area contributed by atoms with Gasteiger partial charge in [-0.15, -0.1) is 0 Å². The van der Waals surface area contributed by atoms with Crippen molar-refractivity contribution in [3.05, 3.63) is 58.9 Å². The van der Waals surface area contributed by atoms with Gasteiger partial charge in [0, 0.05) is 42.8 Å². The highest BCUT2D eigenvalue weighted by molar-refractivity contribution is 5.57. The van der Waals surface area contributed by atoms with Crippen LogP contribution in [0.15, 0.2) is 36.5 Å². The molecule has 3 nitrogen and oxygen atoms in total. The molecule has 0 saturated heterocycles. The quantitative estimate of drug-likeness (QED) is 0.851. The van der Waals surface area contributed by atoms with Crippen LogP contribution in [0.2, 0.25) is 0 Å². The van der Waals surface area contributed by atoms with Crippen LogP contribution in [-0.4, -0.2) is 11.5 Å². The molecular formula is C18H23N3. The van der Waals surface area contributed by atoms with Gasteiger partial charge >= 0.3 is 0 Å². The third-order valence-electron chi connectivity index (χ3n) is 4.02. The Labute approximate surface area is 127 Å². The minimum Gasteiger partial charge on any atom is -0.362 e. The first-order valence-electron chi connectivity index (χ1n) is 7.76. The van der Waals surface area contributed by atoms with Crippen molar-refractivity contribution in [1.29, 1.82) is 0 Å². The van der Waals surface area contributed by atoms with E-state index in [1.165, 1.54) is 22.4 Å². The van der Waals surface area contributed by atoms with Crippen molar-refractivity contribution in [2.24, 2.45) is 0 Å². The van der Waals surface area contributed by atoms with E-state index in [1.807, 2.05) is 6.20 Å². The summed E-state index contributed by atoms with van der Waals surface area (Å²) in [6.45, 7) is 8.20. The monoisotopic (exact) mass is 281 g/mol. The molecule has 0 unspecified atom stereocenters. The third-order valence-corrected chi connectivity index (χ3v) is 4.02. The lowest BCUT2D eigenvalue weighted by Crippen LogP contribution is -2.20. The zero-order chi connectivity index (χ0) is 14.7. The van der Waals surface area contributed by atoms with E-state index in [9.17, 15) is 0 Å². The predicted molar refractivity (Wildman–Crippen MR) is 87.3 cm³/mol. The van der Waals surface area contributed by atoms with Crippen LogP contribution in [0.5, 0.6) is 0 Å². The number of rotatable bonds is 5. The smallest absolute Gasteiger partial charge is 0.0451 e. The summed E-state index contributed by atoms with van der Waals surface area (Å²) < 4.78 is 0. The van der Waals surface area contributed by atoms with Crippen molar-refractivity contribution >= 4 is 5.69 Å². The highest BCUT2D eigenvalue weighted by Gasteiger charge is 2.20. The van der Waals surface area contributed by atoms with Gasteiger partial charge < -0.3 is 10.2 Å². The van der Waals surface area contributed by atoms with Crippen molar-refractivity contribution in [1.82, 2.24) is 10.3 Å². The number of hydrogen-bond acceptors (Lipinski definition) is 3. The van der Waals surface area contributed by atoms with Crippen LogP contribution in [0.25, 0.3) is 0 Å². The Morgan fingerprint density at radius 2 is 1.90 bits per heavy atom. The van der Waals surface area contributed by atoms with E-state index in [0.29, 0.717) is 0 Å². The SMILES string of the molecule is CCCNCc1cnc(C)cc1N1Cc2ccccc2C1. The van der Waals surface area contributed by atoms with Gasteiger partial charge in [0.2, 0.25) is 0 Å². The van der Waals surface area contributed by atoms with E-state index in [-0.39, 0.29) is 0 Å². The van der Waals surface area contributed by atoms with Gasteiger partial charge in [-0.25, -0.2) is 0 Å². The maximum atomic E-state index is 4.47. The van der Waals surface area contributed by atoms with Gasteiger partial charge in [-0.1, -0.05) is 31.2 Å². The molecule has 0 aliphatic carbocycles. The number of nitrogens with one attached hydrogen (secondary N) is 1. The molecule has 0 saturated carbocycles. The van der Waals surface area contributed by atoms with Crippen LogP contribution in [0.3, 0.4) is 0 Å². The van der Waals surface area contributed by atoms with E-state index in [4.69, 9.17) is 0 Å². The van der Waals surface area contributed by atoms with E-state index < -0.39 is 0 Å². The fourth-order valence-corrected chi connectivity index (χ4v) is 2.91. The Morgan fingerprint density at radius 3 is 2.57 bits per heavy atom. The third kappa shape index (κ3) is 3.08. The molecule has 2 aromatic rings. The highest BCUT2D eigenvalue weighted by Crippen LogP contribution is 2.30. The number of anilines is 1. The van der Waals surface area contributed by atoms with Gasteiger partial charge in [0.15, 0.2) is 0 Å². The molecule has 0 atom stereocenters. The zero-order valence-electron chi connectivity index (χ0n) is 12.9. The number of pyridine rings is 1. The molecule has 1 N–H and O–H groups in total. The maximum Gasteiger partial charge on any atom is 0.0451 e. The summed E-state index contributed by atoms with van der Waals surface area (Å²) in [5.41, 5.74) is 6.59. The summed E-state index contributed by atoms with van der Waals surface area (Å²) in [5, 5.41) is 3.49. The molecule has 2 heterocycles. The van der Waals surface area contributed by atoms with Crippen LogP contribution >= 0.6 is 0 Å². The van der Waals surface area contributed by atoms with Crippen molar-refractivity contribution in [3.63, 3.8) is 0 Å². The molecule has 0 bridgehead atoms. The molecule has 1 aromatic carbocycles. The molecule has 0 spiro atoms. The van der Waals surface area contributed by atoms with Crippen LogP contribution in [0.1, 0.15) is 35.7 Å². The number of aromatic nitrogens is 1. The Morgan fingerprint density at radius 1 is 1.19 bits per heavy atom. The number of nitrogens with zero attached hydrogens (tertiary/aromatic N) is 2. The zero-order valence-corrected chi connectivity index (χ0v) is 12.9. The van der Waals surface area contributed by atoms with Gasteiger partial charge in [-0.3, -0.25) is 4.98 Å². The Bertz CT molecular complexity index is 597. The highest BCUT2D eigenvalue weighted by atomic mass is 15.2. The predicted octanol–water partition coefficient (Wildman–Crippen LogP) is 3.41. The molecule has 0 fully saturated rings. The molecule has 110 valence electrons. The average Bonchev–Trinajstić information content (AvgIpc) is 2.92. The topological polar surface area (TPSA) is 28.2 Å². The Hall–Kier alpha value is -1.87. The molecule has 0 radical (unpaired) electrons. The van der Waals surface area contributed by atoms with Gasteiger partial charge in [0.25, 0.3) is 0 Å². The molecule has 21 heavy (non-hydrogen) atoms. The molecule has 1 aliphatic heterocycles. The van der Waals surface area contributed by atoms with Crippen LogP contribution in [-0.2, 0) is 19.6 Å². The minimum absolute atomic E-state index is 0.892. The second-order valence-corrected chi connectivity index (χ2v) is 5.76. The van der Waals surface area contributed by atoms with Crippen molar-refractivity contribution in [2.45, 2.75) is 39.9 Å². The lowest BCUT2D eigenvalue weighted by atomic mass is 10.1. The normalized spacial score (nSPS) is 13.5. The standard InChI is InChI=1S/C18H23N3/c1-3-8-19-10-17-11-20-14(2)9-18(17)21-12-15-6-4-5-7-16(15)13-21/h4-7,9,11,19H,3,8,10,12-13H2,1-2H3. The van der Waals surface area contributed by atoms with Crippen LogP contribution < -0.4 is 10.2 Å². The lowest BCUT2D eigenvalue weighted by molar-refractivity contribution is 0.670. The first kappa shape index (κ1) is 14.1. The molecular weight excluding hydrogens is 258 g/mol. The van der Waals surface area contributed by atoms with Gasteiger partial charge in [0.05, 0.1) is 0 Å². The lowest BCUT2D eigenvalue weighted by Gasteiger charge is -2.22. The van der Waals surface area contributed by atoms with Crippen LogP contribution in [0.4, 0.5) is 5.69 Å². The van der Waals surface area contributed by atoms with Gasteiger partial charge in [-0.2, -0.15) is 0 Å². The number of benzene rings is 1. The van der Waals surface area contributed by atoms with Crippen molar-refractivity contribution < 1.29 is 0 Å². The summed E-state index contributed by atoms with van der Waals surface area (Å²) in [7, 11) is 0. The Balaban J connectivity index is 1.83. The van der Waals surface area contributed by atoms with Crippen LogP contribution in [0, 0.1) is 6.92 Å². The number of hydrogen-bond donors (Lipinski definition) is 1. The van der Waals surface area contributed by atoms with E-state index in [1.54, 1.807) is 0 Å².